The number of hydrogen-bond donors (Lipinski definition) is 0. The zero-order valence-electron chi connectivity index (χ0n) is 19.2. The predicted molar refractivity (Wildman–Crippen MR) is 122 cm³/mol. The molecular formula is C27H28O5. The summed E-state index contributed by atoms with van der Waals surface area (Å²) in [6, 6.07) is 11.8. The molecule has 0 aromatic heterocycles. The van der Waals surface area contributed by atoms with Gasteiger partial charge in [0.25, 0.3) is 0 Å². The molecule has 3 rings (SSSR count). The molecule has 1 aliphatic carbocycles. The monoisotopic (exact) mass is 432 g/mol. The van der Waals surface area contributed by atoms with Gasteiger partial charge in [0.05, 0.1) is 5.56 Å². The van der Waals surface area contributed by atoms with Crippen LogP contribution in [0.2, 0.25) is 0 Å². The molecule has 0 atom stereocenters. The zero-order chi connectivity index (χ0) is 23.6. The van der Waals surface area contributed by atoms with Gasteiger partial charge in [-0.1, -0.05) is 58.0 Å². The highest BCUT2D eigenvalue weighted by molar-refractivity contribution is 6.27. The Morgan fingerprint density at radius 2 is 1.56 bits per heavy atom. The van der Waals surface area contributed by atoms with Crippen LogP contribution >= 0.6 is 0 Å². The number of hydrogen-bond acceptors (Lipinski definition) is 5. The van der Waals surface area contributed by atoms with E-state index in [0.717, 1.165) is 5.56 Å². The van der Waals surface area contributed by atoms with Gasteiger partial charge in [-0.2, -0.15) is 0 Å². The minimum absolute atomic E-state index is 0.0886. The number of fused-ring (bicyclic) bond motifs is 1. The standard InChI is InChI=1S/C27H28O5/c1-15(2)21(28)14-13-19-17(5)11-12-20-23(19)25(30)26(22(16(3)4)24(20)29)32-27(31)18-9-7-6-8-10-18/h6-12,15-16H,13-14H2,1-5H3. The van der Waals surface area contributed by atoms with Crippen molar-refractivity contribution in [3.05, 3.63) is 81.6 Å². The van der Waals surface area contributed by atoms with Crippen LogP contribution in [0.15, 0.2) is 53.8 Å². The van der Waals surface area contributed by atoms with Crippen molar-refractivity contribution in [1.29, 1.82) is 0 Å². The van der Waals surface area contributed by atoms with E-state index in [9.17, 15) is 19.2 Å². The average molecular weight is 433 g/mol. The van der Waals surface area contributed by atoms with Gasteiger partial charge in [0.2, 0.25) is 5.78 Å². The second-order valence-corrected chi connectivity index (χ2v) is 8.72. The molecule has 0 spiro atoms. The fourth-order valence-electron chi connectivity index (χ4n) is 3.90. The molecule has 0 radical (unpaired) electrons. The Kier molecular flexibility index (Phi) is 6.87. The summed E-state index contributed by atoms with van der Waals surface area (Å²) in [7, 11) is 0. The maximum absolute atomic E-state index is 13.6. The van der Waals surface area contributed by atoms with E-state index in [4.69, 9.17) is 4.74 Å². The van der Waals surface area contributed by atoms with Gasteiger partial charge in [-0.25, -0.2) is 4.79 Å². The van der Waals surface area contributed by atoms with Crippen LogP contribution < -0.4 is 0 Å². The van der Waals surface area contributed by atoms with Gasteiger partial charge in [0.1, 0.15) is 5.78 Å². The van der Waals surface area contributed by atoms with E-state index < -0.39 is 11.8 Å². The quantitative estimate of drug-likeness (QED) is 0.555. The fraction of sp³-hybridized carbons (Fsp3) is 0.333. The van der Waals surface area contributed by atoms with Crippen molar-refractivity contribution in [3.8, 4) is 0 Å². The molecule has 2 aromatic rings. The molecule has 32 heavy (non-hydrogen) atoms. The van der Waals surface area contributed by atoms with Crippen molar-refractivity contribution in [2.75, 3.05) is 0 Å². The molecule has 0 unspecified atom stereocenters. The first-order chi connectivity index (χ1) is 15.1. The maximum Gasteiger partial charge on any atom is 0.343 e. The second kappa shape index (κ2) is 9.43. The lowest BCUT2D eigenvalue weighted by Gasteiger charge is -2.25. The van der Waals surface area contributed by atoms with Crippen molar-refractivity contribution < 1.29 is 23.9 Å². The van der Waals surface area contributed by atoms with Gasteiger partial charge in [-0.15, -0.1) is 0 Å². The lowest BCUT2D eigenvalue weighted by molar-refractivity contribution is -0.121. The van der Waals surface area contributed by atoms with Crippen LogP contribution in [0.3, 0.4) is 0 Å². The first kappa shape index (κ1) is 23.3. The number of carbonyl (C=O) groups excluding carboxylic acids is 4. The lowest BCUT2D eigenvalue weighted by atomic mass is 9.79. The number of benzene rings is 2. The highest BCUT2D eigenvalue weighted by atomic mass is 16.5. The highest BCUT2D eigenvalue weighted by Crippen LogP contribution is 2.35. The van der Waals surface area contributed by atoms with E-state index in [1.54, 1.807) is 56.3 Å². The van der Waals surface area contributed by atoms with Crippen molar-refractivity contribution in [2.45, 2.75) is 47.5 Å². The first-order valence-corrected chi connectivity index (χ1v) is 10.9. The summed E-state index contributed by atoms with van der Waals surface area (Å²) in [4.78, 5) is 51.9. The summed E-state index contributed by atoms with van der Waals surface area (Å²) in [5.74, 6) is -2.04. The van der Waals surface area contributed by atoms with Crippen LogP contribution in [0.25, 0.3) is 0 Å². The molecule has 5 nitrogen and oxygen atoms in total. The van der Waals surface area contributed by atoms with Crippen molar-refractivity contribution in [1.82, 2.24) is 0 Å². The number of Topliss-reactive ketones (excluding diaryl/α,β-unsaturated/α-hetero) is 3. The summed E-state index contributed by atoms with van der Waals surface area (Å²) < 4.78 is 5.55. The predicted octanol–water partition coefficient (Wildman–Crippen LogP) is 5.30. The van der Waals surface area contributed by atoms with Gasteiger partial charge in [-0.3, -0.25) is 14.4 Å². The third kappa shape index (κ3) is 4.47. The van der Waals surface area contributed by atoms with Crippen LogP contribution in [-0.2, 0) is 16.0 Å². The number of carbonyl (C=O) groups is 4. The third-order valence-electron chi connectivity index (χ3n) is 5.76. The van der Waals surface area contributed by atoms with Crippen LogP contribution in [0.4, 0.5) is 0 Å². The Labute approximate surface area is 188 Å². The van der Waals surface area contributed by atoms with E-state index >= 15 is 0 Å². The Hall–Kier alpha value is -3.34. The molecule has 0 saturated heterocycles. The van der Waals surface area contributed by atoms with Crippen molar-refractivity contribution >= 4 is 23.3 Å². The lowest BCUT2D eigenvalue weighted by Crippen LogP contribution is -2.29. The molecule has 0 fully saturated rings. The van der Waals surface area contributed by atoms with Gasteiger partial charge in [-0.05, 0) is 42.5 Å². The molecule has 5 heteroatoms. The van der Waals surface area contributed by atoms with Crippen molar-refractivity contribution in [3.63, 3.8) is 0 Å². The van der Waals surface area contributed by atoms with Crippen LogP contribution in [0, 0.1) is 18.8 Å². The number of esters is 1. The molecule has 0 saturated carbocycles. The smallest absolute Gasteiger partial charge is 0.343 e. The molecule has 2 aromatic carbocycles. The first-order valence-electron chi connectivity index (χ1n) is 10.9. The minimum Gasteiger partial charge on any atom is -0.418 e. The number of allylic oxidation sites excluding steroid dienone is 2. The average Bonchev–Trinajstić information content (AvgIpc) is 2.76. The molecule has 0 amide bonds. The van der Waals surface area contributed by atoms with E-state index in [2.05, 4.69) is 0 Å². The third-order valence-corrected chi connectivity index (χ3v) is 5.76. The highest BCUT2D eigenvalue weighted by Gasteiger charge is 2.38. The Morgan fingerprint density at radius 1 is 0.906 bits per heavy atom. The second-order valence-electron chi connectivity index (χ2n) is 8.72. The molecular weight excluding hydrogens is 404 g/mol. The summed E-state index contributed by atoms with van der Waals surface area (Å²) in [6.07, 6.45) is 0.623. The molecule has 0 aliphatic heterocycles. The molecule has 0 bridgehead atoms. The van der Waals surface area contributed by atoms with Crippen molar-refractivity contribution in [2.24, 2.45) is 11.8 Å². The fourth-order valence-corrected chi connectivity index (χ4v) is 3.90. The largest absolute Gasteiger partial charge is 0.418 e. The molecule has 0 N–H and O–H groups in total. The normalized spacial score (nSPS) is 13.6. The van der Waals surface area contributed by atoms with Gasteiger partial charge in [0, 0.05) is 29.0 Å². The Bertz CT molecular complexity index is 1120. The minimum atomic E-state index is -0.687. The van der Waals surface area contributed by atoms with E-state index in [-0.39, 0.29) is 46.7 Å². The number of rotatable bonds is 7. The number of aryl methyl sites for hydroxylation is 1. The SMILES string of the molecule is Cc1ccc2c(c1CCC(=O)C(C)C)C(=O)C(OC(=O)c1ccccc1)=C(C(C)C)C2=O. The number of ether oxygens (including phenoxy) is 1. The summed E-state index contributed by atoms with van der Waals surface area (Å²) in [5, 5.41) is 0. The summed E-state index contributed by atoms with van der Waals surface area (Å²) in [6.45, 7) is 9.10. The number of ketones is 3. The molecule has 1 aliphatic rings. The van der Waals surface area contributed by atoms with Gasteiger partial charge >= 0.3 is 5.97 Å². The van der Waals surface area contributed by atoms with E-state index in [1.165, 1.54) is 0 Å². The molecule has 0 heterocycles. The van der Waals surface area contributed by atoms with Gasteiger partial charge < -0.3 is 4.74 Å². The maximum atomic E-state index is 13.6. The van der Waals surface area contributed by atoms with Crippen LogP contribution in [-0.4, -0.2) is 23.3 Å². The van der Waals surface area contributed by atoms with Crippen LogP contribution in [0.5, 0.6) is 0 Å². The Morgan fingerprint density at radius 3 is 2.16 bits per heavy atom. The zero-order valence-corrected chi connectivity index (χ0v) is 19.2. The van der Waals surface area contributed by atoms with E-state index in [1.807, 2.05) is 20.8 Å². The van der Waals surface area contributed by atoms with Crippen LogP contribution in [0.1, 0.15) is 76.3 Å². The van der Waals surface area contributed by atoms with E-state index in [0.29, 0.717) is 23.1 Å². The summed E-state index contributed by atoms with van der Waals surface area (Å²) >= 11 is 0. The summed E-state index contributed by atoms with van der Waals surface area (Å²) in [5.41, 5.74) is 2.51. The Balaban J connectivity index is 2.08. The topological polar surface area (TPSA) is 77.5 Å². The van der Waals surface area contributed by atoms with Gasteiger partial charge in [0.15, 0.2) is 11.5 Å². The molecule has 166 valence electrons.